The number of hydrogen-bond donors (Lipinski definition) is 1. The largest absolute Gasteiger partial charge is 0.348 e. The second kappa shape index (κ2) is 6.91. The molecule has 0 aliphatic carbocycles. The summed E-state index contributed by atoms with van der Waals surface area (Å²) in [4.78, 5) is 19.0. The number of carbonyl (C=O) groups is 1. The molecule has 1 unspecified atom stereocenters. The average Bonchev–Trinajstić information content (AvgIpc) is 3.19. The maximum Gasteiger partial charge on any atom is 0.291 e. The maximum absolute atomic E-state index is 12.3. The molecule has 3 rings (SSSR count). The zero-order chi connectivity index (χ0) is 16.2. The number of aromatic nitrogens is 3. The van der Waals surface area contributed by atoms with Crippen molar-refractivity contribution in [1.82, 2.24) is 25.0 Å². The van der Waals surface area contributed by atoms with Crippen LogP contribution in [0.4, 0.5) is 0 Å². The molecule has 1 atom stereocenters. The van der Waals surface area contributed by atoms with Gasteiger partial charge < -0.3 is 5.32 Å². The molecule has 0 radical (unpaired) electrons. The number of aryl methyl sites for hydroxylation is 1. The highest BCUT2D eigenvalue weighted by molar-refractivity contribution is 5.90. The van der Waals surface area contributed by atoms with Crippen LogP contribution in [0.5, 0.6) is 0 Å². The minimum Gasteiger partial charge on any atom is -0.348 e. The molecule has 2 aromatic rings. The molecule has 122 valence electrons. The Morgan fingerprint density at radius 2 is 2.13 bits per heavy atom. The van der Waals surface area contributed by atoms with E-state index in [1.54, 1.807) is 4.68 Å². The summed E-state index contributed by atoms with van der Waals surface area (Å²) in [5, 5.41) is 7.32. The fourth-order valence-electron chi connectivity index (χ4n) is 3.13. The second-order valence-electron chi connectivity index (χ2n) is 5.86. The number of carbonyl (C=O) groups excluding carboxylic acids is 1. The molecule has 0 spiro atoms. The molecule has 6 nitrogen and oxygen atoms in total. The SMILES string of the molecule is CCN1CCCC1CNC(=O)c1nc(C)n(-c2ccccc2)n1. The molecule has 0 bridgehead atoms. The van der Waals surface area contributed by atoms with Gasteiger partial charge in [0.25, 0.3) is 5.91 Å². The quantitative estimate of drug-likeness (QED) is 0.914. The van der Waals surface area contributed by atoms with Gasteiger partial charge in [-0.3, -0.25) is 9.69 Å². The molecule has 23 heavy (non-hydrogen) atoms. The number of hydrogen-bond acceptors (Lipinski definition) is 4. The number of likely N-dealkylation sites (tertiary alicyclic amines) is 1. The lowest BCUT2D eigenvalue weighted by Crippen LogP contribution is -2.40. The third-order valence-electron chi connectivity index (χ3n) is 4.38. The number of nitrogens with one attached hydrogen (secondary N) is 1. The van der Waals surface area contributed by atoms with Crippen LogP contribution in [-0.4, -0.2) is 51.2 Å². The summed E-state index contributed by atoms with van der Waals surface area (Å²) in [5.74, 6) is 0.732. The highest BCUT2D eigenvalue weighted by Gasteiger charge is 2.24. The molecule has 1 saturated heterocycles. The first-order chi connectivity index (χ1) is 11.2. The molecule has 1 aliphatic heterocycles. The van der Waals surface area contributed by atoms with Crippen LogP contribution in [-0.2, 0) is 0 Å². The lowest BCUT2D eigenvalue weighted by molar-refractivity contribution is 0.0931. The summed E-state index contributed by atoms with van der Waals surface area (Å²) in [6, 6.07) is 10.2. The van der Waals surface area contributed by atoms with Crippen molar-refractivity contribution in [3.63, 3.8) is 0 Å². The first-order valence-electron chi connectivity index (χ1n) is 8.20. The van der Waals surface area contributed by atoms with E-state index >= 15 is 0 Å². The summed E-state index contributed by atoms with van der Waals surface area (Å²) in [5.41, 5.74) is 0.907. The van der Waals surface area contributed by atoms with E-state index in [-0.39, 0.29) is 11.7 Å². The first kappa shape index (κ1) is 15.7. The molecule has 1 amide bonds. The Hall–Kier alpha value is -2.21. The van der Waals surface area contributed by atoms with Gasteiger partial charge in [0, 0.05) is 12.6 Å². The predicted molar refractivity (Wildman–Crippen MR) is 88.7 cm³/mol. The van der Waals surface area contributed by atoms with Crippen molar-refractivity contribution >= 4 is 5.91 Å². The number of amides is 1. The van der Waals surface area contributed by atoms with Crippen molar-refractivity contribution in [1.29, 1.82) is 0 Å². The zero-order valence-corrected chi connectivity index (χ0v) is 13.7. The number of nitrogens with zero attached hydrogens (tertiary/aromatic N) is 4. The average molecular weight is 313 g/mol. The Labute approximate surface area is 136 Å². The first-order valence-corrected chi connectivity index (χ1v) is 8.20. The number of rotatable bonds is 5. The van der Waals surface area contributed by atoms with Crippen LogP contribution >= 0.6 is 0 Å². The van der Waals surface area contributed by atoms with Gasteiger partial charge in [0.05, 0.1) is 5.69 Å². The zero-order valence-electron chi connectivity index (χ0n) is 13.7. The van der Waals surface area contributed by atoms with Crippen LogP contribution in [0, 0.1) is 6.92 Å². The monoisotopic (exact) mass is 313 g/mol. The van der Waals surface area contributed by atoms with E-state index in [0.717, 1.165) is 25.2 Å². The van der Waals surface area contributed by atoms with Gasteiger partial charge in [0.1, 0.15) is 5.82 Å². The van der Waals surface area contributed by atoms with E-state index in [4.69, 9.17) is 0 Å². The topological polar surface area (TPSA) is 63.1 Å². The molecule has 1 N–H and O–H groups in total. The summed E-state index contributed by atoms with van der Waals surface area (Å²) in [7, 11) is 0. The summed E-state index contributed by atoms with van der Waals surface area (Å²) in [6.07, 6.45) is 2.34. The van der Waals surface area contributed by atoms with Crippen LogP contribution in [0.3, 0.4) is 0 Å². The van der Waals surface area contributed by atoms with Gasteiger partial charge in [-0.25, -0.2) is 9.67 Å². The van der Waals surface area contributed by atoms with E-state index in [9.17, 15) is 4.79 Å². The Kier molecular flexibility index (Phi) is 4.71. The Balaban J connectivity index is 1.66. The third kappa shape index (κ3) is 3.42. The van der Waals surface area contributed by atoms with Crippen LogP contribution < -0.4 is 5.32 Å². The minimum absolute atomic E-state index is 0.203. The number of para-hydroxylation sites is 1. The molecule has 0 saturated carbocycles. The fourth-order valence-corrected chi connectivity index (χ4v) is 3.13. The smallest absolute Gasteiger partial charge is 0.291 e. The van der Waals surface area contributed by atoms with Gasteiger partial charge in [-0.2, -0.15) is 0 Å². The number of benzene rings is 1. The molecule has 1 aromatic heterocycles. The standard InChI is InChI=1S/C17H23N5O/c1-3-21-11-7-10-15(21)12-18-17(23)16-19-13(2)22(20-16)14-8-5-4-6-9-14/h4-6,8-9,15H,3,7,10-12H2,1-2H3,(H,18,23). The lowest BCUT2D eigenvalue weighted by Gasteiger charge is -2.22. The van der Waals surface area contributed by atoms with Gasteiger partial charge in [0.2, 0.25) is 5.82 Å². The Bertz CT molecular complexity index is 667. The van der Waals surface area contributed by atoms with Crippen molar-refractivity contribution in [2.24, 2.45) is 0 Å². The van der Waals surface area contributed by atoms with Crippen molar-refractivity contribution in [3.05, 3.63) is 42.0 Å². The summed E-state index contributed by atoms with van der Waals surface area (Å²) >= 11 is 0. The van der Waals surface area contributed by atoms with Crippen LogP contribution in [0.1, 0.15) is 36.2 Å². The van der Waals surface area contributed by atoms with Crippen LogP contribution in [0.25, 0.3) is 5.69 Å². The molecule has 1 aromatic carbocycles. The van der Waals surface area contributed by atoms with Crippen molar-refractivity contribution < 1.29 is 4.79 Å². The van der Waals surface area contributed by atoms with E-state index in [1.165, 1.54) is 6.42 Å². The fraction of sp³-hybridized carbons (Fsp3) is 0.471. The Morgan fingerprint density at radius 3 is 2.87 bits per heavy atom. The van der Waals surface area contributed by atoms with Crippen LogP contribution in [0.15, 0.2) is 30.3 Å². The van der Waals surface area contributed by atoms with Gasteiger partial charge in [-0.05, 0) is 45.0 Å². The van der Waals surface area contributed by atoms with Gasteiger partial charge in [-0.1, -0.05) is 25.1 Å². The predicted octanol–water partition coefficient (Wildman–Crippen LogP) is 1.79. The van der Waals surface area contributed by atoms with Crippen molar-refractivity contribution in [2.45, 2.75) is 32.7 Å². The van der Waals surface area contributed by atoms with Crippen molar-refractivity contribution in [3.8, 4) is 5.69 Å². The minimum atomic E-state index is -0.203. The van der Waals surface area contributed by atoms with Gasteiger partial charge in [-0.15, -0.1) is 5.10 Å². The van der Waals surface area contributed by atoms with Crippen LogP contribution in [0.2, 0.25) is 0 Å². The van der Waals surface area contributed by atoms with Gasteiger partial charge in [0.15, 0.2) is 0 Å². The molecule has 1 fully saturated rings. The van der Waals surface area contributed by atoms with Gasteiger partial charge >= 0.3 is 0 Å². The third-order valence-corrected chi connectivity index (χ3v) is 4.38. The van der Waals surface area contributed by atoms with Crippen molar-refractivity contribution in [2.75, 3.05) is 19.6 Å². The molecule has 2 heterocycles. The van der Waals surface area contributed by atoms with E-state index in [1.807, 2.05) is 37.3 Å². The molecule has 6 heteroatoms. The van der Waals surface area contributed by atoms with E-state index in [2.05, 4.69) is 27.2 Å². The number of likely N-dealkylation sites (N-methyl/N-ethyl adjacent to an activating group) is 1. The Morgan fingerprint density at radius 1 is 1.35 bits per heavy atom. The summed E-state index contributed by atoms with van der Waals surface area (Å²) in [6.45, 7) is 6.82. The second-order valence-corrected chi connectivity index (χ2v) is 5.86. The molecular formula is C17H23N5O. The van der Waals surface area contributed by atoms with E-state index in [0.29, 0.717) is 18.4 Å². The lowest BCUT2D eigenvalue weighted by atomic mass is 10.2. The maximum atomic E-state index is 12.3. The molecule has 1 aliphatic rings. The normalized spacial score (nSPS) is 18.3. The van der Waals surface area contributed by atoms with E-state index < -0.39 is 0 Å². The highest BCUT2D eigenvalue weighted by Crippen LogP contribution is 2.15. The molecular weight excluding hydrogens is 290 g/mol. The summed E-state index contributed by atoms with van der Waals surface area (Å²) < 4.78 is 1.70. The highest BCUT2D eigenvalue weighted by atomic mass is 16.2.